The van der Waals surface area contributed by atoms with Gasteiger partial charge in [-0.15, -0.1) is 0 Å². The van der Waals surface area contributed by atoms with E-state index in [0.29, 0.717) is 18.2 Å². The highest BCUT2D eigenvalue weighted by Crippen LogP contribution is 2.30. The van der Waals surface area contributed by atoms with Gasteiger partial charge in [-0.2, -0.15) is 0 Å². The van der Waals surface area contributed by atoms with Crippen LogP contribution in [0.15, 0.2) is 0 Å². The predicted octanol–water partition coefficient (Wildman–Crippen LogP) is 1.65. The van der Waals surface area contributed by atoms with Gasteiger partial charge in [0.05, 0.1) is 22.5 Å². The van der Waals surface area contributed by atoms with E-state index in [0.717, 1.165) is 0 Å². The van der Waals surface area contributed by atoms with Crippen molar-refractivity contribution in [2.24, 2.45) is 11.8 Å². The van der Waals surface area contributed by atoms with E-state index < -0.39 is 19.7 Å². The molecule has 1 rings (SSSR count). The van der Waals surface area contributed by atoms with Crippen LogP contribution in [-0.2, 0) is 19.7 Å². The molecule has 1 aliphatic rings. The third-order valence-corrected chi connectivity index (χ3v) is 8.49. The molecule has 2 atom stereocenters. The van der Waals surface area contributed by atoms with E-state index in [1.165, 1.54) is 0 Å². The maximum absolute atomic E-state index is 11.8. The van der Waals surface area contributed by atoms with E-state index in [-0.39, 0.29) is 34.3 Å². The van der Waals surface area contributed by atoms with Crippen molar-refractivity contribution in [1.29, 1.82) is 0 Å². The van der Waals surface area contributed by atoms with Crippen molar-refractivity contribution in [2.75, 3.05) is 22.6 Å². The summed E-state index contributed by atoms with van der Waals surface area (Å²) in [6.45, 7) is 3.36. The van der Waals surface area contributed by atoms with E-state index >= 15 is 0 Å². The topological polar surface area (TPSA) is 68.3 Å². The predicted molar refractivity (Wildman–Crippen MR) is 77.6 cm³/mol. The van der Waals surface area contributed by atoms with Crippen LogP contribution in [0.3, 0.4) is 0 Å². The van der Waals surface area contributed by atoms with Gasteiger partial charge in [-0.3, -0.25) is 0 Å². The van der Waals surface area contributed by atoms with E-state index in [1.807, 2.05) is 0 Å². The second kappa shape index (κ2) is 6.22. The van der Waals surface area contributed by atoms with Crippen LogP contribution >= 0.6 is 15.9 Å². The van der Waals surface area contributed by atoms with Gasteiger partial charge in [-0.25, -0.2) is 16.8 Å². The summed E-state index contributed by atoms with van der Waals surface area (Å²) in [5, 5.41) is 0.307. The molecular formula is C11H21BrO4S2. The number of hydrogen-bond acceptors (Lipinski definition) is 4. The van der Waals surface area contributed by atoms with Crippen LogP contribution in [0, 0.1) is 11.8 Å². The van der Waals surface area contributed by atoms with E-state index in [9.17, 15) is 16.8 Å². The summed E-state index contributed by atoms with van der Waals surface area (Å²) >= 11 is 3.38. The molecule has 4 nitrogen and oxygen atoms in total. The second-order valence-electron chi connectivity index (χ2n) is 5.28. The van der Waals surface area contributed by atoms with Crippen molar-refractivity contribution in [1.82, 2.24) is 0 Å². The first kappa shape index (κ1) is 16.4. The Labute approximate surface area is 119 Å². The lowest BCUT2D eigenvalue weighted by atomic mass is 9.91. The van der Waals surface area contributed by atoms with Crippen LogP contribution in [0.1, 0.15) is 26.7 Å². The molecule has 0 aromatic heterocycles. The Hall–Kier alpha value is 0.380. The number of hydrogen-bond donors (Lipinski definition) is 0. The monoisotopic (exact) mass is 360 g/mol. The van der Waals surface area contributed by atoms with Crippen LogP contribution in [0.5, 0.6) is 0 Å². The van der Waals surface area contributed by atoms with Crippen molar-refractivity contribution < 1.29 is 16.8 Å². The smallest absolute Gasteiger partial charge is 0.152 e. The third-order valence-electron chi connectivity index (χ3n) is 3.62. The maximum atomic E-state index is 11.8. The molecule has 1 aliphatic heterocycles. The third kappa shape index (κ3) is 4.49. The van der Waals surface area contributed by atoms with Gasteiger partial charge in [0.25, 0.3) is 0 Å². The molecule has 108 valence electrons. The molecule has 0 aromatic rings. The summed E-state index contributed by atoms with van der Waals surface area (Å²) in [4.78, 5) is 0. The van der Waals surface area contributed by atoms with Gasteiger partial charge in [0.1, 0.15) is 0 Å². The molecule has 1 fully saturated rings. The Morgan fingerprint density at radius 1 is 1.33 bits per heavy atom. The van der Waals surface area contributed by atoms with Gasteiger partial charge in [0.15, 0.2) is 19.7 Å². The molecule has 1 heterocycles. The van der Waals surface area contributed by atoms with E-state index in [2.05, 4.69) is 15.9 Å². The quantitative estimate of drug-likeness (QED) is 0.675. The van der Waals surface area contributed by atoms with Crippen LogP contribution in [0.4, 0.5) is 0 Å². The van der Waals surface area contributed by atoms with Gasteiger partial charge in [0, 0.05) is 5.33 Å². The maximum Gasteiger partial charge on any atom is 0.152 e. The number of sulfone groups is 2. The van der Waals surface area contributed by atoms with Crippen LogP contribution in [0.2, 0.25) is 0 Å². The Balaban J connectivity index is 2.59. The Bertz CT molecular complexity index is 467. The SMILES string of the molecule is CC(C)S(=O)(=O)CCC(CBr)C1CCS(=O)(=O)C1. The first-order valence-electron chi connectivity index (χ1n) is 6.16. The summed E-state index contributed by atoms with van der Waals surface area (Å²) in [5.74, 6) is 0.855. The molecule has 0 saturated carbocycles. The van der Waals surface area contributed by atoms with Crippen LogP contribution in [0.25, 0.3) is 0 Å². The van der Waals surface area contributed by atoms with Crippen molar-refractivity contribution in [3.05, 3.63) is 0 Å². The first-order valence-corrected chi connectivity index (χ1v) is 10.8. The largest absolute Gasteiger partial charge is 0.229 e. The molecule has 0 N–H and O–H groups in total. The summed E-state index contributed by atoms with van der Waals surface area (Å²) in [7, 11) is -5.92. The van der Waals surface area contributed by atoms with Crippen LogP contribution < -0.4 is 0 Å². The average Bonchev–Trinajstić information content (AvgIpc) is 2.59. The summed E-state index contributed by atoms with van der Waals surface area (Å²) in [6, 6.07) is 0. The zero-order chi connectivity index (χ0) is 14.0. The van der Waals surface area contributed by atoms with Gasteiger partial charge < -0.3 is 0 Å². The van der Waals surface area contributed by atoms with Crippen LogP contribution in [-0.4, -0.2) is 44.7 Å². The summed E-state index contributed by atoms with van der Waals surface area (Å²) < 4.78 is 46.4. The molecule has 0 aliphatic carbocycles. The molecule has 18 heavy (non-hydrogen) atoms. The molecule has 0 aromatic carbocycles. The van der Waals surface area contributed by atoms with Gasteiger partial charge in [-0.1, -0.05) is 15.9 Å². The lowest BCUT2D eigenvalue weighted by molar-refractivity contribution is 0.393. The summed E-state index contributed by atoms with van der Waals surface area (Å²) in [6.07, 6.45) is 1.21. The lowest BCUT2D eigenvalue weighted by Crippen LogP contribution is -2.24. The molecule has 0 amide bonds. The fraction of sp³-hybridized carbons (Fsp3) is 1.00. The zero-order valence-corrected chi connectivity index (χ0v) is 14.0. The van der Waals surface area contributed by atoms with Gasteiger partial charge in [0.2, 0.25) is 0 Å². The minimum Gasteiger partial charge on any atom is -0.229 e. The standard InChI is InChI=1S/C11H21BrO4S2/c1-9(2)18(15,16)6-4-10(7-12)11-3-5-17(13,14)8-11/h9-11H,3-8H2,1-2H3. The highest BCUT2D eigenvalue weighted by atomic mass is 79.9. The Morgan fingerprint density at radius 2 is 1.94 bits per heavy atom. The van der Waals surface area contributed by atoms with E-state index in [4.69, 9.17) is 0 Å². The Kier molecular flexibility index (Phi) is 5.68. The molecule has 1 saturated heterocycles. The fourth-order valence-electron chi connectivity index (χ4n) is 2.19. The van der Waals surface area contributed by atoms with Gasteiger partial charge >= 0.3 is 0 Å². The molecule has 2 unspecified atom stereocenters. The highest BCUT2D eigenvalue weighted by Gasteiger charge is 2.33. The number of rotatable bonds is 6. The van der Waals surface area contributed by atoms with Crippen molar-refractivity contribution in [3.63, 3.8) is 0 Å². The van der Waals surface area contributed by atoms with Gasteiger partial charge in [-0.05, 0) is 38.5 Å². The van der Waals surface area contributed by atoms with E-state index in [1.54, 1.807) is 13.8 Å². The number of halogens is 1. The average molecular weight is 361 g/mol. The normalized spacial score (nSPS) is 25.4. The van der Waals surface area contributed by atoms with Crippen molar-refractivity contribution in [2.45, 2.75) is 31.9 Å². The highest BCUT2D eigenvalue weighted by molar-refractivity contribution is 9.09. The molecule has 7 heteroatoms. The summed E-state index contributed by atoms with van der Waals surface area (Å²) in [5.41, 5.74) is 0. The second-order valence-corrected chi connectivity index (χ2v) is 10.8. The van der Waals surface area contributed by atoms with Crippen molar-refractivity contribution >= 4 is 35.6 Å². The molecule has 0 bridgehead atoms. The molecule has 0 radical (unpaired) electrons. The first-order chi connectivity index (χ1) is 8.18. The minimum atomic E-state index is -3.03. The zero-order valence-electron chi connectivity index (χ0n) is 10.8. The fourth-order valence-corrected chi connectivity index (χ4v) is 6.06. The molecular weight excluding hydrogens is 340 g/mol. The number of alkyl halides is 1. The molecule has 0 spiro atoms. The Morgan fingerprint density at radius 3 is 2.33 bits per heavy atom. The van der Waals surface area contributed by atoms with Crippen molar-refractivity contribution in [3.8, 4) is 0 Å². The lowest BCUT2D eigenvalue weighted by Gasteiger charge is -2.20. The minimum absolute atomic E-state index is 0.108.